The molecule has 2 saturated heterocycles. The molecular weight excluding hydrogens is 334 g/mol. The molecule has 3 atom stereocenters. The van der Waals surface area contributed by atoms with Gasteiger partial charge in [0.15, 0.2) is 11.8 Å². The Labute approximate surface area is 153 Å². The minimum absolute atomic E-state index is 0.165. The smallest absolute Gasteiger partial charge is 0.331 e. The summed E-state index contributed by atoms with van der Waals surface area (Å²) in [5.74, 6) is -1.05. The quantitative estimate of drug-likeness (QED) is 0.611. The molecule has 0 N–H and O–H groups in total. The maximum atomic E-state index is 12.9. The van der Waals surface area contributed by atoms with E-state index in [1.54, 1.807) is 24.0 Å². The van der Waals surface area contributed by atoms with Gasteiger partial charge < -0.3 is 19.1 Å². The normalized spacial score (nSPS) is 29.6. The SMILES string of the molecule is CCOC(=O)[C@H]1[C@H]([C@H]2COC3(CCCCC3)O2)N1C(=O)c1ccccc1. The van der Waals surface area contributed by atoms with Crippen LogP contribution in [0.1, 0.15) is 49.4 Å². The summed E-state index contributed by atoms with van der Waals surface area (Å²) in [6.45, 7) is 2.48. The van der Waals surface area contributed by atoms with E-state index in [0.29, 0.717) is 18.8 Å². The van der Waals surface area contributed by atoms with Crippen LogP contribution in [0.2, 0.25) is 0 Å². The minimum Gasteiger partial charge on any atom is -0.464 e. The molecule has 1 aromatic carbocycles. The first kappa shape index (κ1) is 17.5. The van der Waals surface area contributed by atoms with Gasteiger partial charge in [-0.15, -0.1) is 0 Å². The average molecular weight is 359 g/mol. The summed E-state index contributed by atoms with van der Waals surface area (Å²) in [5.41, 5.74) is 0.565. The van der Waals surface area contributed by atoms with E-state index in [4.69, 9.17) is 14.2 Å². The van der Waals surface area contributed by atoms with Crippen molar-refractivity contribution in [2.75, 3.05) is 13.2 Å². The van der Waals surface area contributed by atoms with Gasteiger partial charge in [0.05, 0.1) is 19.3 Å². The van der Waals surface area contributed by atoms with E-state index in [9.17, 15) is 9.59 Å². The molecule has 0 radical (unpaired) electrons. The van der Waals surface area contributed by atoms with E-state index in [0.717, 1.165) is 25.7 Å². The summed E-state index contributed by atoms with van der Waals surface area (Å²) in [7, 11) is 0. The number of carbonyl (C=O) groups excluding carboxylic acids is 2. The third-order valence-electron chi connectivity index (χ3n) is 5.51. The molecule has 0 unspecified atom stereocenters. The monoisotopic (exact) mass is 359 g/mol. The second-order valence-electron chi connectivity index (χ2n) is 7.20. The maximum Gasteiger partial charge on any atom is 0.331 e. The van der Waals surface area contributed by atoms with Gasteiger partial charge in [0, 0.05) is 18.4 Å². The van der Waals surface area contributed by atoms with E-state index >= 15 is 0 Å². The Morgan fingerprint density at radius 2 is 1.92 bits per heavy atom. The highest BCUT2D eigenvalue weighted by Gasteiger charge is 2.63. The highest BCUT2D eigenvalue weighted by molar-refractivity contribution is 6.01. The third kappa shape index (κ3) is 3.12. The van der Waals surface area contributed by atoms with Gasteiger partial charge in [-0.25, -0.2) is 4.79 Å². The van der Waals surface area contributed by atoms with Crippen LogP contribution >= 0.6 is 0 Å². The van der Waals surface area contributed by atoms with Gasteiger partial charge in [0.25, 0.3) is 5.91 Å². The van der Waals surface area contributed by atoms with Crippen molar-refractivity contribution in [2.24, 2.45) is 0 Å². The molecule has 1 saturated carbocycles. The van der Waals surface area contributed by atoms with E-state index in [-0.39, 0.29) is 24.0 Å². The first-order chi connectivity index (χ1) is 12.7. The first-order valence-electron chi connectivity index (χ1n) is 9.51. The second kappa shape index (κ2) is 7.00. The zero-order valence-corrected chi connectivity index (χ0v) is 15.1. The van der Waals surface area contributed by atoms with Crippen LogP contribution in [0.3, 0.4) is 0 Å². The zero-order valence-electron chi connectivity index (χ0n) is 15.1. The highest BCUT2D eigenvalue weighted by Crippen LogP contribution is 2.44. The Kier molecular flexibility index (Phi) is 4.71. The van der Waals surface area contributed by atoms with Crippen molar-refractivity contribution >= 4 is 11.9 Å². The topological polar surface area (TPSA) is 64.8 Å². The van der Waals surface area contributed by atoms with Gasteiger partial charge >= 0.3 is 5.97 Å². The van der Waals surface area contributed by atoms with Crippen LogP contribution in [0.25, 0.3) is 0 Å². The Morgan fingerprint density at radius 3 is 2.62 bits per heavy atom. The van der Waals surface area contributed by atoms with Crippen molar-refractivity contribution in [3.8, 4) is 0 Å². The Hall–Kier alpha value is -1.92. The van der Waals surface area contributed by atoms with Crippen molar-refractivity contribution in [2.45, 2.75) is 63.0 Å². The van der Waals surface area contributed by atoms with Crippen LogP contribution in [0.15, 0.2) is 30.3 Å². The molecule has 2 heterocycles. The summed E-state index contributed by atoms with van der Waals surface area (Å²) < 4.78 is 17.4. The second-order valence-corrected chi connectivity index (χ2v) is 7.20. The van der Waals surface area contributed by atoms with Gasteiger partial charge in [-0.05, 0) is 31.9 Å². The van der Waals surface area contributed by atoms with E-state index in [1.807, 2.05) is 18.2 Å². The van der Waals surface area contributed by atoms with Crippen LogP contribution in [0, 0.1) is 0 Å². The molecular formula is C20H25NO5. The molecule has 1 aliphatic carbocycles. The predicted octanol–water partition coefficient (Wildman–Crippen LogP) is 2.52. The van der Waals surface area contributed by atoms with Gasteiger partial charge in [-0.1, -0.05) is 24.6 Å². The summed E-state index contributed by atoms with van der Waals surface area (Å²) >= 11 is 0. The number of benzene rings is 1. The number of esters is 1. The van der Waals surface area contributed by atoms with Gasteiger partial charge in [0.2, 0.25) is 0 Å². The zero-order chi connectivity index (χ0) is 18.1. The van der Waals surface area contributed by atoms with Crippen molar-refractivity contribution in [3.05, 3.63) is 35.9 Å². The maximum absolute atomic E-state index is 12.9. The van der Waals surface area contributed by atoms with Crippen molar-refractivity contribution in [1.29, 1.82) is 0 Å². The van der Waals surface area contributed by atoms with Crippen LogP contribution < -0.4 is 0 Å². The number of hydrogen-bond acceptors (Lipinski definition) is 5. The van der Waals surface area contributed by atoms with Crippen molar-refractivity contribution in [3.63, 3.8) is 0 Å². The number of nitrogens with zero attached hydrogens (tertiary/aromatic N) is 1. The standard InChI is InChI=1S/C20H25NO5/c1-2-24-19(23)17-16(21(17)18(22)14-9-5-3-6-10-14)15-13-25-20(26-15)11-7-4-8-12-20/h3,5-6,9-10,15-17H,2,4,7-8,11-13H2,1H3/t15-,16+,17-,21?/m1/s1. The fourth-order valence-corrected chi connectivity index (χ4v) is 4.20. The van der Waals surface area contributed by atoms with Crippen LogP contribution in [-0.4, -0.2) is 54.0 Å². The third-order valence-corrected chi connectivity index (χ3v) is 5.51. The summed E-state index contributed by atoms with van der Waals surface area (Å²) in [6, 6.07) is 8.11. The minimum atomic E-state index is -0.588. The number of carbonyl (C=O) groups is 2. The summed E-state index contributed by atoms with van der Waals surface area (Å²) in [5, 5.41) is 0. The molecule has 1 amide bonds. The predicted molar refractivity (Wildman–Crippen MR) is 93.5 cm³/mol. The molecule has 2 aliphatic heterocycles. The summed E-state index contributed by atoms with van der Waals surface area (Å²) in [4.78, 5) is 26.8. The first-order valence-corrected chi connectivity index (χ1v) is 9.51. The molecule has 1 spiro atoms. The molecule has 3 aliphatic rings. The van der Waals surface area contributed by atoms with Crippen LogP contribution in [0.4, 0.5) is 0 Å². The molecule has 0 bridgehead atoms. The van der Waals surface area contributed by atoms with E-state index in [2.05, 4.69) is 0 Å². The van der Waals surface area contributed by atoms with Gasteiger partial charge in [-0.3, -0.25) is 4.79 Å². The highest BCUT2D eigenvalue weighted by atomic mass is 16.7. The number of rotatable bonds is 4. The lowest BCUT2D eigenvalue weighted by Gasteiger charge is -2.31. The van der Waals surface area contributed by atoms with Crippen LogP contribution in [-0.2, 0) is 19.0 Å². The molecule has 140 valence electrons. The number of amides is 1. The fourth-order valence-electron chi connectivity index (χ4n) is 4.20. The molecule has 6 nitrogen and oxygen atoms in total. The molecule has 6 heteroatoms. The average Bonchev–Trinajstić information content (AvgIpc) is 3.30. The lowest BCUT2D eigenvalue weighted by Crippen LogP contribution is -2.35. The molecule has 3 fully saturated rings. The van der Waals surface area contributed by atoms with E-state index in [1.165, 1.54) is 6.42 Å². The van der Waals surface area contributed by atoms with Gasteiger partial charge in [0.1, 0.15) is 6.10 Å². The lowest BCUT2D eigenvalue weighted by atomic mass is 9.94. The molecule has 1 aromatic rings. The van der Waals surface area contributed by atoms with Gasteiger partial charge in [-0.2, -0.15) is 0 Å². The Balaban J connectivity index is 1.51. The van der Waals surface area contributed by atoms with Crippen molar-refractivity contribution in [1.82, 2.24) is 4.90 Å². The lowest BCUT2D eigenvalue weighted by molar-refractivity contribution is -0.187. The summed E-state index contributed by atoms with van der Waals surface area (Å²) in [6.07, 6.45) is 4.86. The van der Waals surface area contributed by atoms with Crippen molar-refractivity contribution < 1.29 is 23.8 Å². The Morgan fingerprint density at radius 1 is 1.19 bits per heavy atom. The fraction of sp³-hybridized carbons (Fsp3) is 0.600. The molecule has 4 rings (SSSR count). The molecule has 26 heavy (non-hydrogen) atoms. The number of hydrogen-bond donors (Lipinski definition) is 0. The largest absolute Gasteiger partial charge is 0.464 e. The number of ether oxygens (including phenoxy) is 3. The molecule has 0 aromatic heterocycles. The van der Waals surface area contributed by atoms with E-state index < -0.39 is 11.8 Å². The van der Waals surface area contributed by atoms with Crippen LogP contribution in [0.5, 0.6) is 0 Å². The Bertz CT molecular complexity index is 670.